The molecule has 2 aromatic heterocycles. The van der Waals surface area contributed by atoms with Gasteiger partial charge in [-0.05, 0) is 19.1 Å². The number of carbonyl (C=O) groups is 1. The van der Waals surface area contributed by atoms with Gasteiger partial charge in [0.05, 0.1) is 23.5 Å². The molecule has 5 nitrogen and oxygen atoms in total. The number of benzene rings is 1. The molecular formula is C18H16N4O. The second kappa shape index (κ2) is 6.79. The van der Waals surface area contributed by atoms with Crippen LogP contribution in [0.5, 0.6) is 0 Å². The highest BCUT2D eigenvalue weighted by Crippen LogP contribution is 2.20. The Kier molecular flexibility index (Phi) is 4.38. The molecule has 0 aliphatic carbocycles. The van der Waals surface area contributed by atoms with E-state index < -0.39 is 0 Å². The molecule has 1 amide bonds. The van der Waals surface area contributed by atoms with Crippen LogP contribution in [0.25, 0.3) is 11.3 Å². The Morgan fingerprint density at radius 3 is 2.57 bits per heavy atom. The molecular weight excluding hydrogens is 288 g/mol. The lowest BCUT2D eigenvalue weighted by Gasteiger charge is -2.10. The number of amides is 1. The third kappa shape index (κ3) is 3.58. The second-order valence-electron chi connectivity index (χ2n) is 5.05. The lowest BCUT2D eigenvalue weighted by Crippen LogP contribution is -2.24. The third-order valence-electron chi connectivity index (χ3n) is 3.36. The molecule has 0 aliphatic heterocycles. The average molecular weight is 304 g/mol. The fraction of sp³-hybridized carbons (Fsp3) is 0.111. The first-order valence-electron chi connectivity index (χ1n) is 7.31. The van der Waals surface area contributed by atoms with E-state index in [0.717, 1.165) is 11.3 Å². The van der Waals surface area contributed by atoms with Crippen molar-refractivity contribution in [1.29, 1.82) is 0 Å². The Labute approximate surface area is 134 Å². The standard InChI is InChI=1S/C18H16N4O/c1-13-20-12-16(17(22-13)14-7-3-2-4-8-14)18(23)21-11-15-9-5-6-10-19-15/h2-10,12H,11H2,1H3,(H,21,23). The van der Waals surface area contributed by atoms with Crippen LogP contribution in [-0.4, -0.2) is 20.9 Å². The van der Waals surface area contributed by atoms with Crippen molar-refractivity contribution in [2.45, 2.75) is 13.5 Å². The van der Waals surface area contributed by atoms with Gasteiger partial charge >= 0.3 is 0 Å². The number of rotatable bonds is 4. The summed E-state index contributed by atoms with van der Waals surface area (Å²) in [7, 11) is 0. The number of aryl methyl sites for hydroxylation is 1. The maximum absolute atomic E-state index is 12.5. The maximum Gasteiger partial charge on any atom is 0.255 e. The summed E-state index contributed by atoms with van der Waals surface area (Å²) in [6, 6.07) is 15.2. The Morgan fingerprint density at radius 2 is 1.83 bits per heavy atom. The van der Waals surface area contributed by atoms with Gasteiger partial charge in [0.1, 0.15) is 5.82 Å². The Morgan fingerprint density at radius 1 is 1.04 bits per heavy atom. The molecule has 3 rings (SSSR count). The average Bonchev–Trinajstić information content (AvgIpc) is 2.61. The summed E-state index contributed by atoms with van der Waals surface area (Å²) in [4.78, 5) is 25.3. The van der Waals surface area contributed by atoms with Gasteiger partial charge in [-0.25, -0.2) is 9.97 Å². The van der Waals surface area contributed by atoms with Gasteiger partial charge in [-0.1, -0.05) is 36.4 Å². The van der Waals surface area contributed by atoms with E-state index in [-0.39, 0.29) is 5.91 Å². The molecule has 1 aromatic carbocycles. The van der Waals surface area contributed by atoms with Crippen LogP contribution >= 0.6 is 0 Å². The van der Waals surface area contributed by atoms with Crippen LogP contribution < -0.4 is 5.32 Å². The first kappa shape index (κ1) is 14.8. The van der Waals surface area contributed by atoms with Crippen LogP contribution in [0.4, 0.5) is 0 Å². The summed E-state index contributed by atoms with van der Waals surface area (Å²) in [5, 5.41) is 2.86. The molecule has 5 heteroatoms. The Hall–Kier alpha value is -3.08. The maximum atomic E-state index is 12.5. The van der Waals surface area contributed by atoms with Gasteiger partial charge in [-0.3, -0.25) is 9.78 Å². The molecule has 23 heavy (non-hydrogen) atoms. The molecule has 0 spiro atoms. The van der Waals surface area contributed by atoms with E-state index in [1.807, 2.05) is 55.5 Å². The summed E-state index contributed by atoms with van der Waals surface area (Å²) in [5.74, 6) is 0.416. The van der Waals surface area contributed by atoms with Gasteiger partial charge in [0, 0.05) is 18.0 Å². The smallest absolute Gasteiger partial charge is 0.255 e. The predicted octanol–water partition coefficient (Wildman–Crippen LogP) is 2.78. The largest absolute Gasteiger partial charge is 0.346 e. The van der Waals surface area contributed by atoms with Crippen molar-refractivity contribution >= 4 is 5.91 Å². The fourth-order valence-corrected chi connectivity index (χ4v) is 2.22. The van der Waals surface area contributed by atoms with Gasteiger partial charge in [-0.15, -0.1) is 0 Å². The van der Waals surface area contributed by atoms with E-state index in [1.54, 1.807) is 12.4 Å². The molecule has 114 valence electrons. The van der Waals surface area contributed by atoms with Crippen molar-refractivity contribution in [3.05, 3.63) is 78.0 Å². The first-order valence-corrected chi connectivity index (χ1v) is 7.31. The van der Waals surface area contributed by atoms with Crippen molar-refractivity contribution in [3.8, 4) is 11.3 Å². The molecule has 2 heterocycles. The number of aromatic nitrogens is 3. The lowest BCUT2D eigenvalue weighted by molar-refractivity contribution is 0.0950. The molecule has 0 bridgehead atoms. The van der Waals surface area contributed by atoms with Crippen LogP contribution in [0, 0.1) is 6.92 Å². The predicted molar refractivity (Wildman–Crippen MR) is 87.6 cm³/mol. The topological polar surface area (TPSA) is 67.8 Å². The second-order valence-corrected chi connectivity index (χ2v) is 5.05. The normalized spacial score (nSPS) is 10.3. The van der Waals surface area contributed by atoms with Gasteiger partial charge < -0.3 is 5.32 Å². The Balaban J connectivity index is 1.86. The molecule has 1 N–H and O–H groups in total. The zero-order valence-electron chi connectivity index (χ0n) is 12.7. The van der Waals surface area contributed by atoms with Crippen LogP contribution in [0.2, 0.25) is 0 Å². The highest BCUT2D eigenvalue weighted by Gasteiger charge is 2.15. The molecule has 3 aromatic rings. The van der Waals surface area contributed by atoms with E-state index >= 15 is 0 Å². The summed E-state index contributed by atoms with van der Waals surface area (Å²) in [6.45, 7) is 2.17. The molecule has 0 aliphatic rings. The molecule has 0 saturated carbocycles. The summed E-state index contributed by atoms with van der Waals surface area (Å²) >= 11 is 0. The molecule has 0 saturated heterocycles. The SMILES string of the molecule is Cc1ncc(C(=O)NCc2ccccn2)c(-c2ccccc2)n1. The molecule has 0 fully saturated rings. The summed E-state index contributed by atoms with van der Waals surface area (Å²) in [6.07, 6.45) is 3.27. The first-order chi connectivity index (χ1) is 11.2. The quantitative estimate of drug-likeness (QED) is 0.805. The van der Waals surface area contributed by atoms with Crippen molar-refractivity contribution in [3.63, 3.8) is 0 Å². The van der Waals surface area contributed by atoms with Gasteiger partial charge in [0.15, 0.2) is 0 Å². The fourth-order valence-electron chi connectivity index (χ4n) is 2.22. The number of hydrogen-bond donors (Lipinski definition) is 1. The highest BCUT2D eigenvalue weighted by atomic mass is 16.1. The number of nitrogens with one attached hydrogen (secondary N) is 1. The van der Waals surface area contributed by atoms with Crippen molar-refractivity contribution in [2.24, 2.45) is 0 Å². The van der Waals surface area contributed by atoms with Crippen LogP contribution in [0.1, 0.15) is 21.9 Å². The zero-order chi connectivity index (χ0) is 16.1. The zero-order valence-corrected chi connectivity index (χ0v) is 12.7. The van der Waals surface area contributed by atoms with Crippen LogP contribution in [0.3, 0.4) is 0 Å². The monoisotopic (exact) mass is 304 g/mol. The molecule has 0 atom stereocenters. The number of hydrogen-bond acceptors (Lipinski definition) is 4. The van der Waals surface area contributed by atoms with E-state index in [2.05, 4.69) is 20.3 Å². The third-order valence-corrected chi connectivity index (χ3v) is 3.36. The molecule has 0 radical (unpaired) electrons. The number of carbonyl (C=O) groups excluding carboxylic acids is 1. The van der Waals surface area contributed by atoms with E-state index in [4.69, 9.17) is 0 Å². The van der Waals surface area contributed by atoms with Crippen LogP contribution in [-0.2, 0) is 6.54 Å². The van der Waals surface area contributed by atoms with Gasteiger partial charge in [-0.2, -0.15) is 0 Å². The van der Waals surface area contributed by atoms with E-state index in [1.165, 1.54) is 0 Å². The number of nitrogens with zero attached hydrogens (tertiary/aromatic N) is 3. The van der Waals surface area contributed by atoms with Gasteiger partial charge in [0.2, 0.25) is 0 Å². The number of pyridine rings is 1. The summed E-state index contributed by atoms with van der Waals surface area (Å²) < 4.78 is 0. The minimum Gasteiger partial charge on any atom is -0.346 e. The Bertz CT molecular complexity index is 804. The van der Waals surface area contributed by atoms with Gasteiger partial charge in [0.25, 0.3) is 5.91 Å². The minimum absolute atomic E-state index is 0.213. The highest BCUT2D eigenvalue weighted by molar-refractivity contribution is 5.99. The molecule has 0 unspecified atom stereocenters. The van der Waals surface area contributed by atoms with Crippen molar-refractivity contribution in [1.82, 2.24) is 20.3 Å². The summed E-state index contributed by atoms with van der Waals surface area (Å²) in [5.41, 5.74) is 2.78. The van der Waals surface area contributed by atoms with E-state index in [0.29, 0.717) is 23.6 Å². The lowest BCUT2D eigenvalue weighted by atomic mass is 10.1. The van der Waals surface area contributed by atoms with Crippen LogP contribution in [0.15, 0.2) is 60.9 Å². The van der Waals surface area contributed by atoms with E-state index in [9.17, 15) is 4.79 Å². The van der Waals surface area contributed by atoms with Crippen molar-refractivity contribution < 1.29 is 4.79 Å². The van der Waals surface area contributed by atoms with Crippen molar-refractivity contribution in [2.75, 3.05) is 0 Å². The minimum atomic E-state index is -0.213.